The van der Waals surface area contributed by atoms with E-state index >= 15 is 0 Å². The lowest BCUT2D eigenvalue weighted by atomic mass is 10.1. The van der Waals surface area contributed by atoms with Crippen molar-refractivity contribution in [3.05, 3.63) is 18.2 Å². The van der Waals surface area contributed by atoms with Gasteiger partial charge in [-0.2, -0.15) is 0 Å². The van der Waals surface area contributed by atoms with Crippen LogP contribution in [-0.4, -0.2) is 9.55 Å². The molecular formula is C10H14N2. The third kappa shape index (κ3) is 2.43. The van der Waals surface area contributed by atoms with E-state index in [1.807, 2.05) is 11.6 Å². The van der Waals surface area contributed by atoms with E-state index in [-0.39, 0.29) is 0 Å². The molecule has 1 rings (SSSR count). The number of aromatic nitrogens is 2. The zero-order valence-electron chi connectivity index (χ0n) is 7.83. The Balaban J connectivity index is 2.61. The first-order chi connectivity index (χ1) is 5.70. The lowest BCUT2D eigenvalue weighted by molar-refractivity contribution is 0.675. The maximum atomic E-state index is 3.98. The van der Waals surface area contributed by atoms with E-state index in [0.717, 1.165) is 12.1 Å². The van der Waals surface area contributed by atoms with E-state index in [4.69, 9.17) is 0 Å². The second-order valence-electron chi connectivity index (χ2n) is 3.29. The Hall–Kier alpha value is -1.23. The first-order valence-corrected chi connectivity index (χ1v) is 4.15. The monoisotopic (exact) mass is 162 g/mol. The predicted molar refractivity (Wildman–Crippen MR) is 49.5 cm³/mol. The number of hydrogen-bond acceptors (Lipinski definition) is 1. The quantitative estimate of drug-likeness (QED) is 0.576. The molecule has 1 aromatic heterocycles. The van der Waals surface area contributed by atoms with Gasteiger partial charge in [0.15, 0.2) is 0 Å². The second-order valence-corrected chi connectivity index (χ2v) is 3.29. The molecule has 1 heterocycles. The third-order valence-electron chi connectivity index (χ3n) is 1.54. The zero-order valence-corrected chi connectivity index (χ0v) is 7.83. The van der Waals surface area contributed by atoms with Crippen LogP contribution in [0.3, 0.4) is 0 Å². The fraction of sp³-hybridized carbons (Fsp3) is 0.500. The lowest BCUT2D eigenvalue weighted by Gasteiger charge is -1.93. The molecule has 2 heteroatoms. The molecule has 12 heavy (non-hydrogen) atoms. The summed E-state index contributed by atoms with van der Waals surface area (Å²) in [4.78, 5) is 3.98. The molecule has 64 valence electrons. The Morgan fingerprint density at radius 1 is 1.58 bits per heavy atom. The van der Waals surface area contributed by atoms with Gasteiger partial charge in [-0.15, -0.1) is 0 Å². The SMILES string of the molecule is CC(C)CC#Cc1cncn1C. The van der Waals surface area contributed by atoms with Crippen molar-refractivity contribution in [2.24, 2.45) is 13.0 Å². The van der Waals surface area contributed by atoms with Gasteiger partial charge >= 0.3 is 0 Å². The minimum absolute atomic E-state index is 0.644. The van der Waals surface area contributed by atoms with Gasteiger partial charge in [0.25, 0.3) is 0 Å². The van der Waals surface area contributed by atoms with Crippen molar-refractivity contribution in [3.63, 3.8) is 0 Å². The minimum atomic E-state index is 0.644. The summed E-state index contributed by atoms with van der Waals surface area (Å²) in [6.07, 6.45) is 4.50. The molecule has 0 atom stereocenters. The van der Waals surface area contributed by atoms with E-state index in [1.54, 1.807) is 12.5 Å². The fourth-order valence-electron chi connectivity index (χ4n) is 0.823. The maximum absolute atomic E-state index is 3.98. The topological polar surface area (TPSA) is 17.8 Å². The second kappa shape index (κ2) is 3.96. The molecular weight excluding hydrogens is 148 g/mol. The van der Waals surface area contributed by atoms with E-state index in [1.165, 1.54) is 0 Å². The smallest absolute Gasteiger partial charge is 0.111 e. The van der Waals surface area contributed by atoms with Gasteiger partial charge in [0.1, 0.15) is 5.69 Å². The summed E-state index contributed by atoms with van der Waals surface area (Å²) in [5.41, 5.74) is 0.982. The van der Waals surface area contributed by atoms with Crippen molar-refractivity contribution in [1.82, 2.24) is 9.55 Å². The summed E-state index contributed by atoms with van der Waals surface area (Å²) in [6.45, 7) is 4.33. The largest absolute Gasteiger partial charge is 0.327 e. The van der Waals surface area contributed by atoms with Crippen LogP contribution >= 0.6 is 0 Å². The van der Waals surface area contributed by atoms with Gasteiger partial charge in [-0.3, -0.25) is 0 Å². The predicted octanol–water partition coefficient (Wildman–Crippen LogP) is 1.82. The normalized spacial score (nSPS) is 9.67. The molecule has 0 amide bonds. The Kier molecular flexibility index (Phi) is 2.93. The first kappa shape index (κ1) is 8.86. The molecule has 0 bridgehead atoms. The standard InChI is InChI=1S/C10H14N2/c1-9(2)5-4-6-10-7-11-8-12(10)3/h7-9H,5H2,1-3H3. The summed E-state index contributed by atoms with van der Waals surface area (Å²) in [7, 11) is 1.95. The van der Waals surface area contributed by atoms with Crippen LogP contribution in [0.2, 0.25) is 0 Å². The van der Waals surface area contributed by atoms with Gasteiger partial charge in [0.05, 0.1) is 12.5 Å². The van der Waals surface area contributed by atoms with E-state index < -0.39 is 0 Å². The van der Waals surface area contributed by atoms with Crippen LogP contribution in [0.1, 0.15) is 26.0 Å². The Bertz CT molecular complexity index is 299. The molecule has 0 aromatic carbocycles. The molecule has 0 radical (unpaired) electrons. The van der Waals surface area contributed by atoms with Crippen molar-refractivity contribution >= 4 is 0 Å². The highest BCUT2D eigenvalue weighted by Crippen LogP contribution is 1.98. The molecule has 0 unspecified atom stereocenters. The maximum Gasteiger partial charge on any atom is 0.111 e. The molecule has 0 N–H and O–H groups in total. The third-order valence-corrected chi connectivity index (χ3v) is 1.54. The van der Waals surface area contributed by atoms with Crippen molar-refractivity contribution in [2.45, 2.75) is 20.3 Å². The highest BCUT2D eigenvalue weighted by Gasteiger charge is 1.91. The molecule has 2 nitrogen and oxygen atoms in total. The Labute approximate surface area is 73.6 Å². The zero-order chi connectivity index (χ0) is 8.97. The van der Waals surface area contributed by atoms with Crippen LogP contribution in [0.5, 0.6) is 0 Å². The van der Waals surface area contributed by atoms with Crippen LogP contribution in [0.25, 0.3) is 0 Å². The van der Waals surface area contributed by atoms with Crippen LogP contribution in [0.4, 0.5) is 0 Å². The molecule has 0 fully saturated rings. The molecule has 0 aliphatic rings. The van der Waals surface area contributed by atoms with Gasteiger partial charge < -0.3 is 4.57 Å². The van der Waals surface area contributed by atoms with Crippen molar-refractivity contribution in [1.29, 1.82) is 0 Å². The van der Waals surface area contributed by atoms with Crippen molar-refractivity contribution < 1.29 is 0 Å². The first-order valence-electron chi connectivity index (χ1n) is 4.15. The van der Waals surface area contributed by atoms with E-state index in [2.05, 4.69) is 30.7 Å². The average molecular weight is 162 g/mol. The summed E-state index contributed by atoms with van der Waals surface area (Å²) < 4.78 is 1.92. The molecule has 0 saturated heterocycles. The number of imidazole rings is 1. The average Bonchev–Trinajstić information content (AvgIpc) is 2.36. The summed E-state index contributed by atoms with van der Waals surface area (Å²) in [6, 6.07) is 0. The minimum Gasteiger partial charge on any atom is -0.327 e. The lowest BCUT2D eigenvalue weighted by Crippen LogP contribution is -1.88. The Morgan fingerprint density at radius 3 is 2.83 bits per heavy atom. The molecule has 1 aromatic rings. The van der Waals surface area contributed by atoms with Crippen LogP contribution in [-0.2, 0) is 7.05 Å². The summed E-state index contributed by atoms with van der Waals surface area (Å²) in [5.74, 6) is 6.84. The van der Waals surface area contributed by atoms with Crippen molar-refractivity contribution in [3.8, 4) is 11.8 Å². The summed E-state index contributed by atoms with van der Waals surface area (Å²) >= 11 is 0. The molecule has 0 aliphatic carbocycles. The number of hydrogen-bond donors (Lipinski definition) is 0. The molecule has 0 saturated carbocycles. The van der Waals surface area contributed by atoms with Crippen LogP contribution in [0, 0.1) is 17.8 Å². The highest BCUT2D eigenvalue weighted by molar-refractivity contribution is 5.25. The molecule has 0 aliphatic heterocycles. The van der Waals surface area contributed by atoms with E-state index in [0.29, 0.717) is 5.92 Å². The van der Waals surface area contributed by atoms with Gasteiger partial charge in [-0.25, -0.2) is 4.98 Å². The van der Waals surface area contributed by atoms with Crippen LogP contribution in [0.15, 0.2) is 12.5 Å². The number of aryl methyl sites for hydroxylation is 1. The van der Waals surface area contributed by atoms with Gasteiger partial charge in [0, 0.05) is 13.5 Å². The Morgan fingerprint density at radius 2 is 2.33 bits per heavy atom. The van der Waals surface area contributed by atoms with Gasteiger partial charge in [-0.1, -0.05) is 19.8 Å². The van der Waals surface area contributed by atoms with Crippen LogP contribution < -0.4 is 0 Å². The summed E-state index contributed by atoms with van der Waals surface area (Å²) in [5, 5.41) is 0. The van der Waals surface area contributed by atoms with E-state index in [9.17, 15) is 0 Å². The highest BCUT2D eigenvalue weighted by atomic mass is 15.0. The number of nitrogens with zero attached hydrogens (tertiary/aromatic N) is 2. The fourth-order valence-corrected chi connectivity index (χ4v) is 0.823. The number of rotatable bonds is 1. The van der Waals surface area contributed by atoms with Gasteiger partial charge in [0.2, 0.25) is 0 Å². The molecule has 0 spiro atoms. The van der Waals surface area contributed by atoms with Crippen molar-refractivity contribution in [2.75, 3.05) is 0 Å². The van der Waals surface area contributed by atoms with Gasteiger partial charge in [-0.05, 0) is 11.8 Å².